The van der Waals surface area contributed by atoms with Crippen molar-refractivity contribution in [1.29, 1.82) is 0 Å². The molecule has 4 heteroatoms. The van der Waals surface area contributed by atoms with Gasteiger partial charge < -0.3 is 15.4 Å². The zero-order valence-corrected chi connectivity index (χ0v) is 11.8. The van der Waals surface area contributed by atoms with Crippen LogP contribution in [0.4, 0.5) is 0 Å². The minimum absolute atomic E-state index is 0.154. The third kappa shape index (κ3) is 3.04. The van der Waals surface area contributed by atoms with E-state index in [1.165, 1.54) is 0 Å². The van der Waals surface area contributed by atoms with Crippen LogP contribution in [0.3, 0.4) is 0 Å². The second kappa shape index (κ2) is 5.57. The van der Waals surface area contributed by atoms with E-state index in [2.05, 4.69) is 6.92 Å². The second-order valence-electron chi connectivity index (χ2n) is 6.15. The summed E-state index contributed by atoms with van der Waals surface area (Å²) in [4.78, 5) is 14.5. The van der Waals surface area contributed by atoms with E-state index in [-0.39, 0.29) is 24.2 Å². The fourth-order valence-corrected chi connectivity index (χ4v) is 3.26. The molecule has 2 rings (SSSR count). The number of nitrogens with two attached hydrogens (primary N) is 1. The summed E-state index contributed by atoms with van der Waals surface area (Å²) in [5, 5.41) is 0. The van der Waals surface area contributed by atoms with Gasteiger partial charge >= 0.3 is 0 Å². The first kappa shape index (κ1) is 13.8. The largest absolute Gasteiger partial charge is 0.372 e. The highest BCUT2D eigenvalue weighted by atomic mass is 16.5. The molecule has 5 atom stereocenters. The van der Waals surface area contributed by atoms with Gasteiger partial charge in [0.1, 0.15) is 0 Å². The van der Waals surface area contributed by atoms with Crippen molar-refractivity contribution in [3.8, 4) is 0 Å². The molecule has 0 radical (unpaired) electrons. The Morgan fingerprint density at radius 2 is 1.78 bits per heavy atom. The molecule has 1 saturated carbocycles. The van der Waals surface area contributed by atoms with E-state index in [0.717, 1.165) is 32.4 Å². The highest BCUT2D eigenvalue weighted by molar-refractivity contribution is 5.79. The van der Waals surface area contributed by atoms with Crippen molar-refractivity contribution < 1.29 is 9.53 Å². The van der Waals surface area contributed by atoms with Gasteiger partial charge in [0, 0.05) is 25.0 Å². The fraction of sp³-hybridized carbons (Fsp3) is 0.929. The van der Waals surface area contributed by atoms with Crippen molar-refractivity contribution >= 4 is 5.91 Å². The Morgan fingerprint density at radius 3 is 2.33 bits per heavy atom. The summed E-state index contributed by atoms with van der Waals surface area (Å²) < 4.78 is 5.68. The zero-order valence-electron chi connectivity index (χ0n) is 11.8. The Kier molecular flexibility index (Phi) is 4.28. The quantitative estimate of drug-likeness (QED) is 0.769. The summed E-state index contributed by atoms with van der Waals surface area (Å²) in [5.41, 5.74) is 6.02. The molecule has 1 saturated heterocycles. The van der Waals surface area contributed by atoms with Crippen LogP contribution in [0.2, 0.25) is 0 Å². The van der Waals surface area contributed by atoms with Gasteiger partial charge in [0.2, 0.25) is 5.91 Å². The lowest BCUT2D eigenvalue weighted by atomic mass is 9.78. The third-order valence-electron chi connectivity index (χ3n) is 4.32. The Bertz CT molecular complexity index is 298. The maximum Gasteiger partial charge on any atom is 0.225 e. The topological polar surface area (TPSA) is 55.6 Å². The Hall–Kier alpha value is -0.610. The first-order valence-corrected chi connectivity index (χ1v) is 7.17. The van der Waals surface area contributed by atoms with Gasteiger partial charge in [0.15, 0.2) is 0 Å². The molecule has 0 spiro atoms. The normalized spacial score (nSPS) is 41.8. The molecule has 1 amide bonds. The minimum Gasteiger partial charge on any atom is -0.372 e. The number of carbonyl (C=O) groups is 1. The molecule has 2 aliphatic rings. The molecular formula is C14H26N2O2. The van der Waals surface area contributed by atoms with Gasteiger partial charge in [-0.1, -0.05) is 6.92 Å². The number of nitrogens with zero attached hydrogens (tertiary/aromatic N) is 1. The van der Waals surface area contributed by atoms with Crippen molar-refractivity contribution in [2.45, 2.75) is 58.3 Å². The van der Waals surface area contributed by atoms with Gasteiger partial charge in [-0.15, -0.1) is 0 Å². The van der Waals surface area contributed by atoms with Crippen LogP contribution in [0.5, 0.6) is 0 Å². The maximum absolute atomic E-state index is 12.5. The molecular weight excluding hydrogens is 228 g/mol. The molecule has 18 heavy (non-hydrogen) atoms. The van der Waals surface area contributed by atoms with Crippen LogP contribution >= 0.6 is 0 Å². The number of ether oxygens (including phenoxy) is 1. The van der Waals surface area contributed by atoms with Gasteiger partial charge in [-0.3, -0.25) is 4.79 Å². The van der Waals surface area contributed by atoms with Crippen LogP contribution in [-0.2, 0) is 9.53 Å². The summed E-state index contributed by atoms with van der Waals surface area (Å²) in [6.07, 6.45) is 3.18. The van der Waals surface area contributed by atoms with E-state index >= 15 is 0 Å². The molecule has 0 bridgehead atoms. The van der Waals surface area contributed by atoms with E-state index in [9.17, 15) is 4.79 Å². The van der Waals surface area contributed by atoms with Crippen LogP contribution in [0.15, 0.2) is 0 Å². The SMILES string of the molecule is CC1CC(C(=O)N2C[C@@H](C)O[C@@H](C)C2)CCC1N. The fourth-order valence-electron chi connectivity index (χ4n) is 3.26. The van der Waals surface area contributed by atoms with E-state index in [4.69, 9.17) is 10.5 Å². The average Bonchev–Trinajstić information content (AvgIpc) is 2.30. The van der Waals surface area contributed by atoms with Crippen molar-refractivity contribution in [1.82, 2.24) is 4.90 Å². The van der Waals surface area contributed by atoms with Crippen LogP contribution in [0, 0.1) is 11.8 Å². The van der Waals surface area contributed by atoms with E-state index in [0.29, 0.717) is 11.8 Å². The van der Waals surface area contributed by atoms with E-state index in [1.54, 1.807) is 0 Å². The van der Waals surface area contributed by atoms with Gasteiger partial charge in [-0.25, -0.2) is 0 Å². The van der Waals surface area contributed by atoms with Crippen molar-refractivity contribution in [2.75, 3.05) is 13.1 Å². The van der Waals surface area contributed by atoms with Crippen molar-refractivity contribution in [2.24, 2.45) is 17.6 Å². The summed E-state index contributed by atoms with van der Waals surface area (Å²) in [6, 6.07) is 0.275. The zero-order chi connectivity index (χ0) is 13.3. The number of hydrogen-bond acceptors (Lipinski definition) is 3. The number of morpholine rings is 1. The van der Waals surface area contributed by atoms with Crippen LogP contribution in [0.25, 0.3) is 0 Å². The van der Waals surface area contributed by atoms with Gasteiger partial charge in [-0.2, -0.15) is 0 Å². The molecule has 1 aliphatic heterocycles. The molecule has 4 nitrogen and oxygen atoms in total. The monoisotopic (exact) mass is 254 g/mol. The molecule has 104 valence electrons. The number of rotatable bonds is 1. The first-order valence-electron chi connectivity index (χ1n) is 7.17. The maximum atomic E-state index is 12.5. The summed E-state index contributed by atoms with van der Waals surface area (Å²) in [5.74, 6) is 0.955. The standard InChI is InChI=1S/C14H26N2O2/c1-9-6-12(4-5-13(9)15)14(17)16-7-10(2)18-11(3)8-16/h9-13H,4-8,15H2,1-3H3/t9?,10-,11+,12?,13?. The van der Waals surface area contributed by atoms with Crippen LogP contribution in [-0.4, -0.2) is 42.1 Å². The summed E-state index contributed by atoms with van der Waals surface area (Å²) >= 11 is 0. The number of carbonyl (C=O) groups excluding carboxylic acids is 1. The Morgan fingerprint density at radius 1 is 1.17 bits per heavy atom. The predicted molar refractivity (Wildman–Crippen MR) is 71.1 cm³/mol. The van der Waals surface area contributed by atoms with Gasteiger partial charge in [-0.05, 0) is 39.0 Å². The molecule has 2 fully saturated rings. The lowest BCUT2D eigenvalue weighted by molar-refractivity contribution is -0.149. The van der Waals surface area contributed by atoms with Crippen molar-refractivity contribution in [3.63, 3.8) is 0 Å². The molecule has 2 N–H and O–H groups in total. The first-order chi connectivity index (χ1) is 8.47. The molecule has 0 aromatic heterocycles. The lowest BCUT2D eigenvalue weighted by Crippen LogP contribution is -2.51. The lowest BCUT2D eigenvalue weighted by Gasteiger charge is -2.39. The van der Waals surface area contributed by atoms with Crippen LogP contribution in [0.1, 0.15) is 40.0 Å². The molecule has 0 aromatic rings. The van der Waals surface area contributed by atoms with Gasteiger partial charge in [0.25, 0.3) is 0 Å². The third-order valence-corrected chi connectivity index (χ3v) is 4.32. The molecule has 3 unspecified atom stereocenters. The minimum atomic E-state index is 0.154. The number of hydrogen-bond donors (Lipinski definition) is 1. The van der Waals surface area contributed by atoms with Crippen LogP contribution < -0.4 is 5.73 Å². The Labute approximate surface area is 110 Å². The number of amides is 1. The van der Waals surface area contributed by atoms with E-state index < -0.39 is 0 Å². The summed E-state index contributed by atoms with van der Waals surface area (Å²) in [6.45, 7) is 7.71. The predicted octanol–water partition coefficient (Wildman–Crippen LogP) is 1.39. The molecule has 0 aromatic carbocycles. The highest BCUT2D eigenvalue weighted by Crippen LogP contribution is 2.30. The molecule has 1 heterocycles. The second-order valence-corrected chi connectivity index (χ2v) is 6.15. The highest BCUT2D eigenvalue weighted by Gasteiger charge is 2.34. The molecule has 1 aliphatic carbocycles. The average molecular weight is 254 g/mol. The smallest absolute Gasteiger partial charge is 0.225 e. The van der Waals surface area contributed by atoms with Crippen molar-refractivity contribution in [3.05, 3.63) is 0 Å². The van der Waals surface area contributed by atoms with E-state index in [1.807, 2.05) is 18.7 Å². The Balaban J connectivity index is 1.94. The van der Waals surface area contributed by atoms with Gasteiger partial charge in [0.05, 0.1) is 12.2 Å². The summed E-state index contributed by atoms with van der Waals surface area (Å²) in [7, 11) is 0.